The molecule has 1 saturated heterocycles. The fourth-order valence-electron chi connectivity index (χ4n) is 4.07. The van der Waals surface area contributed by atoms with Gasteiger partial charge in [0.1, 0.15) is 30.2 Å². The minimum absolute atomic E-state index is 0.0487. The lowest BCUT2D eigenvalue weighted by Gasteiger charge is -2.41. The van der Waals surface area contributed by atoms with Crippen LogP contribution in [0.3, 0.4) is 0 Å². The zero-order chi connectivity index (χ0) is 28.7. The number of carbonyl (C=O) groups is 3. The Kier molecular flexibility index (Phi) is 10.4. The van der Waals surface area contributed by atoms with Crippen LogP contribution in [0, 0.1) is 5.92 Å². The molecule has 1 aromatic rings. The van der Waals surface area contributed by atoms with Gasteiger partial charge in [-0.1, -0.05) is 12.1 Å². The maximum atomic E-state index is 12.7. The number of carbonyl (C=O) groups excluding carboxylic acids is 2. The second-order valence-corrected chi connectivity index (χ2v) is 8.74. The van der Waals surface area contributed by atoms with E-state index in [1.165, 1.54) is 12.1 Å². The molecule has 1 aromatic carbocycles. The minimum atomic E-state index is -1.83. The number of rotatable bonds is 10. The van der Waals surface area contributed by atoms with Crippen LogP contribution in [0.2, 0.25) is 0 Å². The normalized spacial score (nSPS) is 29.7. The van der Waals surface area contributed by atoms with Gasteiger partial charge >= 0.3 is 17.9 Å². The molecule has 1 fully saturated rings. The molecule has 2 aliphatic heterocycles. The molecule has 0 aliphatic carbocycles. The van der Waals surface area contributed by atoms with Crippen molar-refractivity contribution in [3.05, 3.63) is 53.3 Å². The van der Waals surface area contributed by atoms with Gasteiger partial charge in [-0.3, -0.25) is 4.79 Å². The first-order valence-corrected chi connectivity index (χ1v) is 11.8. The number of esters is 2. The molecule has 6 N–H and O–H groups in total. The molecule has 0 radical (unpaired) electrons. The van der Waals surface area contributed by atoms with Crippen LogP contribution in [0.4, 0.5) is 0 Å². The van der Waals surface area contributed by atoms with Crippen molar-refractivity contribution in [1.82, 2.24) is 0 Å². The summed E-state index contributed by atoms with van der Waals surface area (Å²) in [6.07, 6.45) is -8.56. The minimum Gasteiger partial charge on any atom is -0.508 e. The predicted octanol–water partition coefficient (Wildman–Crippen LogP) is -1.28. The number of carboxylic acids is 1. The third-order valence-corrected chi connectivity index (χ3v) is 6.15. The van der Waals surface area contributed by atoms with Crippen LogP contribution >= 0.6 is 0 Å². The summed E-state index contributed by atoms with van der Waals surface area (Å²) in [7, 11) is 1.08. The summed E-state index contributed by atoms with van der Waals surface area (Å²) in [6, 6.07) is 6.25. The van der Waals surface area contributed by atoms with E-state index in [2.05, 4.69) is 0 Å². The lowest BCUT2D eigenvalue weighted by molar-refractivity contribution is -0.327. The second-order valence-electron chi connectivity index (χ2n) is 8.74. The first kappa shape index (κ1) is 30.0. The molecule has 7 atom stereocenters. The van der Waals surface area contributed by atoms with Crippen molar-refractivity contribution in [2.24, 2.45) is 5.92 Å². The van der Waals surface area contributed by atoms with E-state index >= 15 is 0 Å². The molecule has 7 unspecified atom stereocenters. The number of hydrogen-bond acceptors (Lipinski definition) is 13. The molecule has 0 aromatic heterocycles. The lowest BCUT2D eigenvalue weighted by Crippen LogP contribution is -2.60. The molecular formula is C25H30O14. The van der Waals surface area contributed by atoms with Crippen LogP contribution in [0.15, 0.2) is 47.7 Å². The zero-order valence-corrected chi connectivity index (χ0v) is 20.8. The van der Waals surface area contributed by atoms with Gasteiger partial charge in [-0.05, 0) is 17.7 Å². The van der Waals surface area contributed by atoms with Gasteiger partial charge in [0.15, 0.2) is 6.29 Å². The van der Waals surface area contributed by atoms with Crippen LogP contribution < -0.4 is 0 Å². The number of ether oxygens (including phenoxy) is 5. The molecule has 3 rings (SSSR count). The van der Waals surface area contributed by atoms with Crippen LogP contribution in [-0.4, -0.2) is 106 Å². The monoisotopic (exact) mass is 554 g/mol. The summed E-state index contributed by atoms with van der Waals surface area (Å²) in [6.45, 7) is -0.786. The number of carboxylic acid groups (broad SMARTS) is 1. The molecule has 0 spiro atoms. The number of aromatic hydroxyl groups is 1. The summed E-state index contributed by atoms with van der Waals surface area (Å²) in [5.74, 6) is -4.36. The van der Waals surface area contributed by atoms with Gasteiger partial charge in [0.2, 0.25) is 6.29 Å². The molecular weight excluding hydrogens is 524 g/mol. The Morgan fingerprint density at radius 2 is 1.74 bits per heavy atom. The maximum absolute atomic E-state index is 12.7. The molecule has 14 heteroatoms. The van der Waals surface area contributed by atoms with E-state index in [4.69, 9.17) is 23.7 Å². The van der Waals surface area contributed by atoms with E-state index in [0.29, 0.717) is 12.5 Å². The summed E-state index contributed by atoms with van der Waals surface area (Å²) in [5.41, 5.74) is 0.327. The third kappa shape index (κ3) is 7.53. The number of phenolic OH excluding ortho intramolecular Hbond substituents is 1. The Labute approximate surface area is 222 Å². The Bertz CT molecular complexity index is 1080. The summed E-state index contributed by atoms with van der Waals surface area (Å²) in [5, 5.41) is 58.6. The van der Waals surface area contributed by atoms with Crippen molar-refractivity contribution < 1.29 is 68.7 Å². The first-order valence-electron chi connectivity index (χ1n) is 11.8. The largest absolute Gasteiger partial charge is 0.508 e. The maximum Gasteiger partial charge on any atom is 0.337 e. The predicted molar refractivity (Wildman–Crippen MR) is 126 cm³/mol. The number of hydrogen-bond donors (Lipinski definition) is 6. The zero-order valence-electron chi connectivity index (χ0n) is 20.8. The second kappa shape index (κ2) is 13.5. The lowest BCUT2D eigenvalue weighted by atomic mass is 9.86. The summed E-state index contributed by atoms with van der Waals surface area (Å²) < 4.78 is 26.2. The van der Waals surface area contributed by atoms with E-state index in [9.17, 15) is 45.0 Å². The number of aliphatic hydroxyl groups excluding tert-OH is 4. The van der Waals surface area contributed by atoms with Gasteiger partial charge in [0.05, 0.1) is 38.6 Å². The van der Waals surface area contributed by atoms with Crippen LogP contribution in [0.25, 0.3) is 0 Å². The Morgan fingerprint density at radius 3 is 2.36 bits per heavy atom. The van der Waals surface area contributed by atoms with E-state index in [-0.39, 0.29) is 23.5 Å². The average Bonchev–Trinajstić information content (AvgIpc) is 2.91. The van der Waals surface area contributed by atoms with E-state index < -0.39 is 73.8 Å². The number of methoxy groups -OCH3 is 1. The van der Waals surface area contributed by atoms with E-state index in [0.717, 1.165) is 18.9 Å². The van der Waals surface area contributed by atoms with Crippen molar-refractivity contribution in [2.45, 2.75) is 49.8 Å². The van der Waals surface area contributed by atoms with E-state index in [1.54, 1.807) is 12.1 Å². The molecule has 39 heavy (non-hydrogen) atoms. The molecule has 14 nitrogen and oxygen atoms in total. The van der Waals surface area contributed by atoms with Crippen molar-refractivity contribution in [2.75, 3.05) is 20.3 Å². The Morgan fingerprint density at radius 1 is 1.05 bits per heavy atom. The average molecular weight is 555 g/mol. The van der Waals surface area contributed by atoms with Crippen LogP contribution in [0.1, 0.15) is 12.0 Å². The number of phenols is 1. The number of benzene rings is 1. The molecule has 2 aliphatic rings. The smallest absolute Gasteiger partial charge is 0.337 e. The molecule has 214 valence electrons. The van der Waals surface area contributed by atoms with Crippen molar-refractivity contribution in [3.63, 3.8) is 0 Å². The highest BCUT2D eigenvalue weighted by Gasteiger charge is 2.47. The molecule has 0 amide bonds. The van der Waals surface area contributed by atoms with Crippen LogP contribution in [-0.2, 0) is 44.5 Å². The highest BCUT2D eigenvalue weighted by atomic mass is 16.8. The van der Waals surface area contributed by atoms with Crippen molar-refractivity contribution in [1.29, 1.82) is 0 Å². The Balaban J connectivity index is 1.80. The van der Waals surface area contributed by atoms with E-state index in [1.807, 2.05) is 0 Å². The van der Waals surface area contributed by atoms with Gasteiger partial charge in [0, 0.05) is 24.0 Å². The molecule has 0 bridgehead atoms. The third-order valence-electron chi connectivity index (χ3n) is 6.15. The van der Waals surface area contributed by atoms with Gasteiger partial charge < -0.3 is 54.3 Å². The van der Waals surface area contributed by atoms with Crippen molar-refractivity contribution >= 4 is 17.9 Å². The number of aliphatic hydroxyl groups is 4. The highest BCUT2D eigenvalue weighted by Crippen LogP contribution is 2.36. The Hall–Kier alpha value is -3.53. The van der Waals surface area contributed by atoms with Gasteiger partial charge in [-0.15, -0.1) is 0 Å². The quantitative estimate of drug-likeness (QED) is 0.147. The fourth-order valence-corrected chi connectivity index (χ4v) is 4.07. The van der Waals surface area contributed by atoms with Gasteiger partial charge in [-0.25, -0.2) is 9.59 Å². The fraction of sp³-hybridized carbons (Fsp3) is 0.480. The molecule has 2 heterocycles. The topological polar surface area (TPSA) is 219 Å². The standard InChI is InChI=1S/C25H30O14/c1-35-23(34)16-11-37-24(39-25-22(33)21(32)20(31)17(10-26)38-25)15(8-18(28)29)14(16)9-19(30)36-7-6-12-2-4-13(27)5-3-12/h2-5,8,11,14,17,20-22,24-27,31-33H,6-7,9-10H2,1H3,(H,28,29). The SMILES string of the molecule is COC(=O)C1=COC(OC2OC(CO)C(O)C(O)C2O)C(=CC(=O)O)C1CC(=O)OCCc1ccc(O)cc1. The number of aliphatic carboxylic acids is 1. The summed E-state index contributed by atoms with van der Waals surface area (Å²) in [4.78, 5) is 36.8. The first-order chi connectivity index (χ1) is 18.5. The van der Waals surface area contributed by atoms with Crippen molar-refractivity contribution in [3.8, 4) is 5.75 Å². The van der Waals surface area contributed by atoms with Gasteiger partial charge in [-0.2, -0.15) is 0 Å². The van der Waals surface area contributed by atoms with Gasteiger partial charge in [0.25, 0.3) is 0 Å². The highest BCUT2D eigenvalue weighted by molar-refractivity contribution is 5.91. The van der Waals surface area contributed by atoms with Crippen LogP contribution in [0.5, 0.6) is 5.75 Å². The molecule has 0 saturated carbocycles. The summed E-state index contributed by atoms with van der Waals surface area (Å²) >= 11 is 0.